The number of carbonyl (C=O) groups excluding carboxylic acids is 1. The maximum atomic E-state index is 13.4. The molecule has 4 rings (SSSR count). The topological polar surface area (TPSA) is 28.5 Å². The van der Waals surface area contributed by atoms with Crippen LogP contribution in [0.1, 0.15) is 29.6 Å². The Hall–Kier alpha value is -2.21. The van der Waals surface area contributed by atoms with Gasteiger partial charge >= 0.3 is 0 Å². The molecule has 1 aliphatic rings. The molecular weight excluding hydrogens is 438 g/mol. The highest BCUT2D eigenvalue weighted by Gasteiger charge is 2.31. The summed E-state index contributed by atoms with van der Waals surface area (Å²) >= 11 is 7.94. The van der Waals surface area contributed by atoms with Gasteiger partial charge in [-0.25, -0.2) is 0 Å². The van der Waals surface area contributed by atoms with Crippen molar-refractivity contribution in [1.82, 2.24) is 14.4 Å². The maximum absolute atomic E-state index is 13.4. The highest BCUT2D eigenvalue weighted by Crippen LogP contribution is 2.31. The Bertz CT molecular complexity index is 970. The van der Waals surface area contributed by atoms with Crippen LogP contribution in [0.3, 0.4) is 0 Å². The molecule has 1 saturated heterocycles. The Morgan fingerprint density at radius 1 is 0.906 bits per heavy atom. The normalized spacial score (nSPS) is 16.6. The predicted octanol–water partition coefficient (Wildman–Crippen LogP) is 5.37. The minimum absolute atomic E-state index is 0.120. The molecule has 0 N–H and O–H groups in total. The summed E-state index contributed by atoms with van der Waals surface area (Å²) in [6.07, 6.45) is 6.96. The van der Waals surface area contributed by atoms with E-state index in [2.05, 4.69) is 58.2 Å². The van der Waals surface area contributed by atoms with Crippen LogP contribution >= 0.6 is 23.4 Å². The fourth-order valence-electron chi connectivity index (χ4n) is 4.49. The highest BCUT2D eigenvalue weighted by molar-refractivity contribution is 7.98. The van der Waals surface area contributed by atoms with E-state index in [1.165, 1.54) is 11.1 Å². The zero-order chi connectivity index (χ0) is 22.3. The van der Waals surface area contributed by atoms with Crippen LogP contribution in [-0.4, -0.2) is 58.5 Å². The number of carbonyl (C=O) groups is 1. The van der Waals surface area contributed by atoms with E-state index in [9.17, 15) is 4.79 Å². The lowest BCUT2D eigenvalue weighted by Gasteiger charge is -2.41. The van der Waals surface area contributed by atoms with Gasteiger partial charge in [-0.3, -0.25) is 9.69 Å². The van der Waals surface area contributed by atoms with Crippen LogP contribution in [0.25, 0.3) is 0 Å². The minimum atomic E-state index is -0.120. The summed E-state index contributed by atoms with van der Waals surface area (Å²) in [4.78, 5) is 17.9. The van der Waals surface area contributed by atoms with Crippen LogP contribution in [0.15, 0.2) is 79.1 Å². The van der Waals surface area contributed by atoms with Gasteiger partial charge in [-0.15, -0.1) is 0 Å². The average Bonchev–Trinajstić information content (AvgIpc) is 3.36. The molecule has 2 atom stereocenters. The van der Waals surface area contributed by atoms with E-state index in [1.54, 1.807) is 11.8 Å². The lowest BCUT2D eigenvalue weighted by Crippen LogP contribution is -2.51. The number of nitrogens with zero attached hydrogens (tertiary/aromatic N) is 3. The molecule has 0 saturated carbocycles. The predicted molar refractivity (Wildman–Crippen MR) is 134 cm³/mol. The number of hydrogen-bond acceptors (Lipinski definition) is 3. The lowest BCUT2D eigenvalue weighted by molar-refractivity contribution is -0.136. The summed E-state index contributed by atoms with van der Waals surface area (Å²) in [7, 11) is 0. The Kier molecular flexibility index (Phi) is 7.95. The molecule has 6 heteroatoms. The highest BCUT2D eigenvalue weighted by atomic mass is 35.5. The largest absolute Gasteiger partial charge is 0.342 e. The molecule has 1 amide bonds. The van der Waals surface area contributed by atoms with Gasteiger partial charge in [0, 0.05) is 43.6 Å². The first-order chi connectivity index (χ1) is 15.7. The smallest absolute Gasteiger partial charge is 0.245 e. The van der Waals surface area contributed by atoms with Gasteiger partial charge in [0.15, 0.2) is 0 Å². The van der Waals surface area contributed by atoms with Crippen molar-refractivity contribution in [3.63, 3.8) is 0 Å². The Morgan fingerprint density at radius 3 is 2.16 bits per heavy atom. The van der Waals surface area contributed by atoms with Crippen LogP contribution < -0.4 is 0 Å². The van der Waals surface area contributed by atoms with E-state index in [-0.39, 0.29) is 18.0 Å². The standard InChI is InChI=1S/C26H30ClN3OS/c1-32-20-13-24(28-14-5-6-15-28)26(31)30-18-16-29(17-19-30)25(21-7-3-2-4-8-21)22-9-11-23(27)12-10-22/h2-12,14-15,24-25H,13,16-20H2,1H3. The second kappa shape index (κ2) is 11.1. The molecule has 2 heterocycles. The molecule has 0 spiro atoms. The molecule has 1 aromatic heterocycles. The Balaban J connectivity index is 1.49. The Morgan fingerprint density at radius 2 is 1.53 bits per heavy atom. The third-order valence-corrected chi connectivity index (χ3v) is 7.06. The Labute approximate surface area is 200 Å². The van der Waals surface area contributed by atoms with Gasteiger partial charge in [0.1, 0.15) is 6.04 Å². The molecule has 168 valence electrons. The van der Waals surface area contributed by atoms with Crippen molar-refractivity contribution < 1.29 is 4.79 Å². The molecule has 4 nitrogen and oxygen atoms in total. The number of hydrogen-bond donors (Lipinski definition) is 0. The van der Waals surface area contributed by atoms with E-state index in [4.69, 9.17) is 11.6 Å². The third-order valence-electron chi connectivity index (χ3n) is 6.16. The van der Waals surface area contributed by atoms with E-state index >= 15 is 0 Å². The van der Waals surface area contributed by atoms with Crippen LogP contribution in [0.2, 0.25) is 5.02 Å². The lowest BCUT2D eigenvalue weighted by atomic mass is 9.96. The van der Waals surface area contributed by atoms with Crippen LogP contribution in [0.4, 0.5) is 0 Å². The summed E-state index contributed by atoms with van der Waals surface area (Å²) in [5.74, 6) is 1.21. The fourth-order valence-corrected chi connectivity index (χ4v) is 5.08. The van der Waals surface area contributed by atoms with Crippen molar-refractivity contribution in [3.05, 3.63) is 95.3 Å². The summed E-state index contributed by atoms with van der Waals surface area (Å²) in [6.45, 7) is 3.17. The van der Waals surface area contributed by atoms with Gasteiger partial charge in [-0.2, -0.15) is 11.8 Å². The number of piperazine rings is 1. The summed E-state index contributed by atoms with van der Waals surface area (Å²) in [5, 5.41) is 0.747. The van der Waals surface area contributed by atoms with Crippen molar-refractivity contribution in [2.45, 2.75) is 18.5 Å². The molecule has 0 radical (unpaired) electrons. The van der Waals surface area contributed by atoms with Crippen LogP contribution in [-0.2, 0) is 4.79 Å². The average molecular weight is 468 g/mol. The monoisotopic (exact) mass is 467 g/mol. The van der Waals surface area contributed by atoms with Crippen LogP contribution in [0.5, 0.6) is 0 Å². The van der Waals surface area contributed by atoms with E-state index in [0.29, 0.717) is 0 Å². The molecule has 32 heavy (non-hydrogen) atoms. The maximum Gasteiger partial charge on any atom is 0.245 e. The molecule has 3 aromatic rings. The van der Waals surface area contributed by atoms with Gasteiger partial charge in [-0.05, 0) is 53.8 Å². The van der Waals surface area contributed by atoms with Crippen molar-refractivity contribution in [1.29, 1.82) is 0 Å². The number of thioether (sulfide) groups is 1. The molecule has 2 unspecified atom stereocenters. The van der Waals surface area contributed by atoms with Crippen molar-refractivity contribution in [2.24, 2.45) is 0 Å². The number of benzene rings is 2. The van der Waals surface area contributed by atoms with Gasteiger partial charge in [0.2, 0.25) is 5.91 Å². The van der Waals surface area contributed by atoms with E-state index in [1.807, 2.05) is 41.6 Å². The second-order valence-corrected chi connectivity index (χ2v) is 9.58. The zero-order valence-electron chi connectivity index (χ0n) is 18.4. The first kappa shape index (κ1) is 23.0. The number of aromatic nitrogens is 1. The molecule has 1 aliphatic heterocycles. The van der Waals surface area contributed by atoms with Gasteiger partial charge < -0.3 is 9.47 Å². The van der Waals surface area contributed by atoms with Crippen molar-refractivity contribution in [3.8, 4) is 0 Å². The van der Waals surface area contributed by atoms with E-state index < -0.39 is 0 Å². The SMILES string of the molecule is CSCCC(C(=O)N1CCN(C(c2ccccc2)c2ccc(Cl)cc2)CC1)n1cccc1. The van der Waals surface area contributed by atoms with Gasteiger partial charge in [-0.1, -0.05) is 54.1 Å². The van der Waals surface area contributed by atoms with Crippen molar-refractivity contribution >= 4 is 29.3 Å². The quantitative estimate of drug-likeness (QED) is 0.446. The molecule has 1 fully saturated rings. The summed E-state index contributed by atoms with van der Waals surface area (Å²) in [5.41, 5.74) is 2.49. The summed E-state index contributed by atoms with van der Waals surface area (Å²) in [6, 6.07) is 22.8. The minimum Gasteiger partial charge on any atom is -0.342 e. The zero-order valence-corrected chi connectivity index (χ0v) is 20.0. The molecule has 0 bridgehead atoms. The van der Waals surface area contributed by atoms with Crippen LogP contribution in [0, 0.1) is 0 Å². The third kappa shape index (κ3) is 5.40. The molecular formula is C26H30ClN3OS. The van der Waals surface area contributed by atoms with Crippen molar-refractivity contribution in [2.75, 3.05) is 38.2 Å². The number of halogens is 1. The molecule has 2 aromatic carbocycles. The summed E-state index contributed by atoms with van der Waals surface area (Å²) < 4.78 is 2.06. The van der Waals surface area contributed by atoms with Gasteiger partial charge in [0.05, 0.1) is 6.04 Å². The number of rotatable bonds is 8. The second-order valence-electron chi connectivity index (χ2n) is 8.15. The fraction of sp³-hybridized carbons (Fsp3) is 0.346. The van der Waals surface area contributed by atoms with E-state index in [0.717, 1.165) is 43.4 Å². The first-order valence-corrected chi connectivity index (χ1v) is 12.9. The number of amides is 1. The van der Waals surface area contributed by atoms with Gasteiger partial charge in [0.25, 0.3) is 0 Å². The molecule has 0 aliphatic carbocycles. The first-order valence-electron chi connectivity index (χ1n) is 11.1.